The third-order valence-corrected chi connectivity index (χ3v) is 3.78. The highest BCUT2D eigenvalue weighted by atomic mass is 16.3. The van der Waals surface area contributed by atoms with Crippen LogP contribution in [0.4, 0.5) is 0 Å². The van der Waals surface area contributed by atoms with E-state index in [0.717, 1.165) is 6.42 Å². The summed E-state index contributed by atoms with van der Waals surface area (Å²) in [5.41, 5.74) is 0.742. The standard InChI is InChI=1S/C17H29NO2/c1-5-17(12-19,13-20)18-15(11-16(2,3)4)14-9-7-6-8-10-14/h6-10,15,18-20H,5,11-13H2,1-4H3. The van der Waals surface area contributed by atoms with E-state index in [1.165, 1.54) is 5.56 Å². The average molecular weight is 279 g/mol. The Kier molecular flexibility index (Phi) is 6.18. The average Bonchev–Trinajstić information content (AvgIpc) is 2.43. The van der Waals surface area contributed by atoms with E-state index in [2.05, 4.69) is 38.2 Å². The molecule has 0 heterocycles. The lowest BCUT2D eigenvalue weighted by atomic mass is 9.83. The van der Waals surface area contributed by atoms with Gasteiger partial charge in [0.15, 0.2) is 0 Å². The van der Waals surface area contributed by atoms with Crippen molar-refractivity contribution in [2.24, 2.45) is 5.41 Å². The van der Waals surface area contributed by atoms with Crippen LogP contribution in [0.1, 0.15) is 52.1 Å². The molecule has 3 heteroatoms. The molecule has 1 aromatic rings. The van der Waals surface area contributed by atoms with Crippen LogP contribution in [0, 0.1) is 5.41 Å². The van der Waals surface area contributed by atoms with E-state index in [9.17, 15) is 10.2 Å². The summed E-state index contributed by atoms with van der Waals surface area (Å²) in [6.07, 6.45) is 1.63. The Hall–Kier alpha value is -0.900. The molecule has 1 rings (SSSR count). The number of hydrogen-bond donors (Lipinski definition) is 3. The minimum atomic E-state index is -0.619. The van der Waals surface area contributed by atoms with Gasteiger partial charge in [-0.15, -0.1) is 0 Å². The van der Waals surface area contributed by atoms with Crippen LogP contribution in [0.3, 0.4) is 0 Å². The fraction of sp³-hybridized carbons (Fsp3) is 0.647. The van der Waals surface area contributed by atoms with Crippen molar-refractivity contribution in [3.05, 3.63) is 35.9 Å². The Morgan fingerprint density at radius 1 is 1.05 bits per heavy atom. The summed E-state index contributed by atoms with van der Waals surface area (Å²) in [6.45, 7) is 8.47. The van der Waals surface area contributed by atoms with Gasteiger partial charge in [0.25, 0.3) is 0 Å². The summed E-state index contributed by atoms with van der Waals surface area (Å²) >= 11 is 0. The van der Waals surface area contributed by atoms with Crippen molar-refractivity contribution in [2.45, 2.75) is 52.1 Å². The van der Waals surface area contributed by atoms with Crippen LogP contribution in [-0.4, -0.2) is 29.0 Å². The van der Waals surface area contributed by atoms with Crippen LogP contribution in [0.15, 0.2) is 30.3 Å². The lowest BCUT2D eigenvalue weighted by molar-refractivity contribution is 0.0714. The monoisotopic (exact) mass is 279 g/mol. The molecule has 3 N–H and O–H groups in total. The Bertz CT molecular complexity index is 371. The van der Waals surface area contributed by atoms with E-state index in [1.807, 2.05) is 25.1 Å². The number of benzene rings is 1. The van der Waals surface area contributed by atoms with E-state index < -0.39 is 5.54 Å². The van der Waals surface area contributed by atoms with Gasteiger partial charge < -0.3 is 15.5 Å². The molecule has 0 aliphatic heterocycles. The van der Waals surface area contributed by atoms with Crippen LogP contribution < -0.4 is 5.32 Å². The Balaban J connectivity index is 2.99. The largest absolute Gasteiger partial charge is 0.394 e. The maximum Gasteiger partial charge on any atom is 0.0650 e. The minimum absolute atomic E-state index is 0.0620. The predicted molar refractivity (Wildman–Crippen MR) is 83.6 cm³/mol. The smallest absolute Gasteiger partial charge is 0.0650 e. The van der Waals surface area contributed by atoms with Crippen molar-refractivity contribution < 1.29 is 10.2 Å². The van der Waals surface area contributed by atoms with Gasteiger partial charge >= 0.3 is 0 Å². The van der Waals surface area contributed by atoms with Crippen molar-refractivity contribution in [2.75, 3.05) is 13.2 Å². The second-order valence-electron chi connectivity index (χ2n) is 6.82. The second-order valence-corrected chi connectivity index (χ2v) is 6.82. The quantitative estimate of drug-likeness (QED) is 0.719. The first-order chi connectivity index (χ1) is 9.36. The van der Waals surface area contributed by atoms with Crippen LogP contribution in [0.25, 0.3) is 0 Å². The summed E-state index contributed by atoms with van der Waals surface area (Å²) in [5.74, 6) is 0. The van der Waals surface area contributed by atoms with Crippen molar-refractivity contribution in [3.8, 4) is 0 Å². The van der Waals surface area contributed by atoms with E-state index in [1.54, 1.807) is 0 Å². The van der Waals surface area contributed by atoms with E-state index >= 15 is 0 Å². The second kappa shape index (κ2) is 7.21. The molecule has 1 unspecified atom stereocenters. The number of hydrogen-bond acceptors (Lipinski definition) is 3. The molecule has 1 atom stereocenters. The first-order valence-electron chi connectivity index (χ1n) is 7.40. The van der Waals surface area contributed by atoms with Crippen molar-refractivity contribution in [1.82, 2.24) is 5.32 Å². The molecule has 3 nitrogen and oxygen atoms in total. The third kappa shape index (κ3) is 4.89. The molecule has 0 aliphatic carbocycles. The first-order valence-corrected chi connectivity index (χ1v) is 7.40. The summed E-state index contributed by atoms with van der Waals surface area (Å²) in [5, 5.41) is 22.8. The van der Waals surface area contributed by atoms with E-state index in [0.29, 0.717) is 6.42 Å². The molecule has 0 aliphatic rings. The third-order valence-electron chi connectivity index (χ3n) is 3.78. The molecule has 0 bridgehead atoms. The van der Waals surface area contributed by atoms with Gasteiger partial charge in [-0.3, -0.25) is 0 Å². The summed E-state index contributed by atoms with van der Waals surface area (Å²) < 4.78 is 0. The highest BCUT2D eigenvalue weighted by molar-refractivity contribution is 5.20. The zero-order valence-corrected chi connectivity index (χ0v) is 13.2. The lowest BCUT2D eigenvalue weighted by Crippen LogP contribution is -2.53. The number of aliphatic hydroxyl groups excluding tert-OH is 2. The molecule has 0 spiro atoms. The van der Waals surface area contributed by atoms with Crippen LogP contribution in [0.5, 0.6) is 0 Å². The number of rotatable bonds is 7. The van der Waals surface area contributed by atoms with Crippen LogP contribution >= 0.6 is 0 Å². The predicted octanol–water partition coefficient (Wildman–Crippen LogP) is 2.89. The highest BCUT2D eigenvalue weighted by Crippen LogP contribution is 2.31. The molecule has 0 saturated heterocycles. The summed E-state index contributed by atoms with van der Waals surface area (Å²) in [6, 6.07) is 10.4. The van der Waals surface area contributed by atoms with Gasteiger partial charge in [0.1, 0.15) is 0 Å². The molecule has 0 saturated carbocycles. The van der Waals surface area contributed by atoms with Gasteiger partial charge in [0.05, 0.1) is 18.8 Å². The van der Waals surface area contributed by atoms with Crippen LogP contribution in [-0.2, 0) is 0 Å². The van der Waals surface area contributed by atoms with Gasteiger partial charge in [-0.2, -0.15) is 0 Å². The molecule has 0 radical (unpaired) electrons. The summed E-state index contributed by atoms with van der Waals surface area (Å²) in [7, 11) is 0. The Morgan fingerprint density at radius 2 is 1.60 bits per heavy atom. The minimum Gasteiger partial charge on any atom is -0.394 e. The Morgan fingerprint density at radius 3 is 2.00 bits per heavy atom. The molecular weight excluding hydrogens is 250 g/mol. The zero-order chi connectivity index (χ0) is 15.2. The maximum atomic E-state index is 9.65. The van der Waals surface area contributed by atoms with Crippen LogP contribution in [0.2, 0.25) is 0 Å². The SMILES string of the molecule is CCC(CO)(CO)NC(CC(C)(C)C)c1ccccc1. The Labute approximate surface area is 123 Å². The molecule has 114 valence electrons. The normalized spacial score (nSPS) is 14.3. The highest BCUT2D eigenvalue weighted by Gasteiger charge is 2.31. The molecule has 1 aromatic carbocycles. The van der Waals surface area contributed by atoms with Crippen molar-refractivity contribution >= 4 is 0 Å². The number of nitrogens with one attached hydrogen (secondary N) is 1. The van der Waals surface area contributed by atoms with Gasteiger partial charge in [-0.05, 0) is 23.8 Å². The van der Waals surface area contributed by atoms with Crippen molar-refractivity contribution in [1.29, 1.82) is 0 Å². The lowest BCUT2D eigenvalue weighted by Gasteiger charge is -2.37. The molecule has 20 heavy (non-hydrogen) atoms. The molecule has 0 fully saturated rings. The molecule has 0 amide bonds. The number of aliphatic hydroxyl groups is 2. The zero-order valence-electron chi connectivity index (χ0n) is 13.2. The first kappa shape index (κ1) is 17.2. The molecule has 0 aromatic heterocycles. The van der Waals surface area contributed by atoms with Gasteiger partial charge in [0.2, 0.25) is 0 Å². The topological polar surface area (TPSA) is 52.5 Å². The van der Waals surface area contributed by atoms with Gasteiger partial charge in [0, 0.05) is 6.04 Å². The van der Waals surface area contributed by atoms with E-state index in [4.69, 9.17) is 0 Å². The fourth-order valence-corrected chi connectivity index (χ4v) is 2.39. The van der Waals surface area contributed by atoms with E-state index in [-0.39, 0.29) is 24.7 Å². The van der Waals surface area contributed by atoms with Gasteiger partial charge in [-0.1, -0.05) is 58.0 Å². The van der Waals surface area contributed by atoms with Gasteiger partial charge in [-0.25, -0.2) is 0 Å². The fourth-order valence-electron chi connectivity index (χ4n) is 2.39. The molecular formula is C17H29NO2. The van der Waals surface area contributed by atoms with Crippen molar-refractivity contribution in [3.63, 3.8) is 0 Å². The maximum absolute atomic E-state index is 9.65. The summed E-state index contributed by atoms with van der Waals surface area (Å²) in [4.78, 5) is 0.